The van der Waals surface area contributed by atoms with Gasteiger partial charge in [0.2, 0.25) is 0 Å². The Kier molecular flexibility index (Phi) is 2.75. The molecule has 4 N–H and O–H groups in total. The first-order chi connectivity index (χ1) is 10.8. The summed E-state index contributed by atoms with van der Waals surface area (Å²) in [5, 5.41) is 11.8. The van der Waals surface area contributed by atoms with Gasteiger partial charge >= 0.3 is 0 Å². The third kappa shape index (κ3) is 1.88. The molecule has 0 atom stereocenters. The maximum absolute atomic E-state index is 5.61. The Morgan fingerprint density at radius 1 is 1.27 bits per heavy atom. The van der Waals surface area contributed by atoms with Gasteiger partial charge in [0.05, 0.1) is 10.9 Å². The van der Waals surface area contributed by atoms with E-state index in [0.717, 1.165) is 39.9 Å². The minimum Gasteiger partial charge on any atom is -0.424 e. The zero-order valence-electron chi connectivity index (χ0n) is 12.1. The third-order valence-corrected chi connectivity index (χ3v) is 3.65. The quantitative estimate of drug-likeness (QED) is 0.538. The maximum Gasteiger partial charge on any atom is 0.292 e. The predicted molar refractivity (Wildman–Crippen MR) is 87.7 cm³/mol. The van der Waals surface area contributed by atoms with Crippen molar-refractivity contribution >= 4 is 33.8 Å². The Morgan fingerprint density at radius 3 is 3.05 bits per heavy atom. The molecule has 0 aliphatic rings. The summed E-state index contributed by atoms with van der Waals surface area (Å²) in [5.41, 5.74) is 10.2. The van der Waals surface area contributed by atoms with Gasteiger partial charge in [0, 0.05) is 6.54 Å². The van der Waals surface area contributed by atoms with Crippen LogP contribution >= 0.6 is 0 Å². The van der Waals surface area contributed by atoms with Crippen LogP contribution in [-0.2, 0) is 0 Å². The highest BCUT2D eigenvalue weighted by molar-refractivity contribution is 6.03. The first kappa shape index (κ1) is 12.7. The van der Waals surface area contributed by atoms with Crippen molar-refractivity contribution in [3.8, 4) is 11.1 Å². The molecule has 4 rings (SSSR count). The monoisotopic (exact) mass is 293 g/mol. The number of rotatable bonds is 3. The van der Waals surface area contributed by atoms with E-state index in [1.165, 1.54) is 0 Å². The number of oxazole rings is 1. The van der Waals surface area contributed by atoms with Crippen LogP contribution in [0.15, 0.2) is 40.8 Å². The lowest BCUT2D eigenvalue weighted by molar-refractivity contribution is 0.626. The molecule has 2 heterocycles. The molecule has 0 unspecified atom stereocenters. The molecule has 0 saturated carbocycles. The van der Waals surface area contributed by atoms with Gasteiger partial charge in [-0.15, -0.1) is 0 Å². The molecule has 0 aliphatic heterocycles. The van der Waals surface area contributed by atoms with Crippen LogP contribution in [0.3, 0.4) is 0 Å². The average Bonchev–Trinajstić information content (AvgIpc) is 3.09. The summed E-state index contributed by atoms with van der Waals surface area (Å²) in [6, 6.07) is 12.1. The smallest absolute Gasteiger partial charge is 0.292 e. The highest BCUT2D eigenvalue weighted by Gasteiger charge is 2.12. The number of anilines is 2. The van der Waals surface area contributed by atoms with Gasteiger partial charge in [0.25, 0.3) is 6.01 Å². The minimum absolute atomic E-state index is 0.182. The number of nitrogen functional groups attached to an aromatic ring is 1. The fourth-order valence-corrected chi connectivity index (χ4v) is 2.72. The molecule has 4 aromatic rings. The van der Waals surface area contributed by atoms with Crippen LogP contribution < -0.4 is 11.1 Å². The first-order valence-electron chi connectivity index (χ1n) is 7.13. The third-order valence-electron chi connectivity index (χ3n) is 3.65. The number of fused-ring (bicyclic) bond motifs is 2. The molecule has 22 heavy (non-hydrogen) atoms. The highest BCUT2D eigenvalue weighted by Crippen LogP contribution is 2.34. The van der Waals surface area contributed by atoms with Gasteiger partial charge in [-0.2, -0.15) is 10.1 Å². The molecule has 0 radical (unpaired) electrons. The first-order valence-corrected chi connectivity index (χ1v) is 7.13. The Bertz CT molecular complexity index is 969. The van der Waals surface area contributed by atoms with Gasteiger partial charge in [-0.05, 0) is 36.2 Å². The fourth-order valence-electron chi connectivity index (χ4n) is 2.72. The van der Waals surface area contributed by atoms with Crippen molar-refractivity contribution in [3.63, 3.8) is 0 Å². The Labute approximate surface area is 126 Å². The van der Waals surface area contributed by atoms with Gasteiger partial charge in [-0.25, -0.2) is 0 Å². The molecule has 0 spiro atoms. The molecule has 2 aromatic carbocycles. The Balaban J connectivity index is 1.96. The lowest BCUT2D eigenvalue weighted by atomic mass is 10.0. The SMILES string of the molecule is CCNc1n[nH]c2cccc(-c3ccc4oc(N)nc4c3)c12. The van der Waals surface area contributed by atoms with Crippen molar-refractivity contribution in [2.45, 2.75) is 6.92 Å². The van der Waals surface area contributed by atoms with E-state index in [-0.39, 0.29) is 6.01 Å². The summed E-state index contributed by atoms with van der Waals surface area (Å²) in [6.45, 7) is 2.86. The van der Waals surface area contributed by atoms with Crippen LogP contribution in [0.2, 0.25) is 0 Å². The number of aromatic nitrogens is 3. The molecule has 110 valence electrons. The van der Waals surface area contributed by atoms with Crippen molar-refractivity contribution in [1.29, 1.82) is 0 Å². The van der Waals surface area contributed by atoms with Gasteiger partial charge < -0.3 is 15.5 Å². The highest BCUT2D eigenvalue weighted by atomic mass is 16.4. The number of nitrogens with zero attached hydrogens (tertiary/aromatic N) is 2. The van der Waals surface area contributed by atoms with E-state index in [2.05, 4.69) is 26.6 Å². The maximum atomic E-state index is 5.61. The number of aromatic amines is 1. The molecule has 6 nitrogen and oxygen atoms in total. The van der Waals surface area contributed by atoms with Crippen LogP contribution in [0.5, 0.6) is 0 Å². The second-order valence-electron chi connectivity index (χ2n) is 5.07. The summed E-state index contributed by atoms with van der Waals surface area (Å²) < 4.78 is 5.33. The van der Waals surface area contributed by atoms with Crippen LogP contribution in [0, 0.1) is 0 Å². The summed E-state index contributed by atoms with van der Waals surface area (Å²) in [5.74, 6) is 0.855. The Morgan fingerprint density at radius 2 is 2.18 bits per heavy atom. The van der Waals surface area contributed by atoms with Crippen molar-refractivity contribution in [3.05, 3.63) is 36.4 Å². The zero-order chi connectivity index (χ0) is 15.1. The van der Waals surface area contributed by atoms with Crippen molar-refractivity contribution < 1.29 is 4.42 Å². The molecule has 6 heteroatoms. The summed E-state index contributed by atoms with van der Waals surface area (Å²) >= 11 is 0. The lowest BCUT2D eigenvalue weighted by Crippen LogP contribution is -1.97. The number of hydrogen-bond acceptors (Lipinski definition) is 5. The van der Waals surface area contributed by atoms with Gasteiger partial charge in [-0.3, -0.25) is 5.10 Å². The zero-order valence-corrected chi connectivity index (χ0v) is 12.1. The van der Waals surface area contributed by atoms with Gasteiger partial charge in [0.1, 0.15) is 5.52 Å². The van der Waals surface area contributed by atoms with E-state index in [4.69, 9.17) is 10.2 Å². The molecule has 0 saturated heterocycles. The number of nitrogens with two attached hydrogens (primary N) is 1. The van der Waals surface area contributed by atoms with E-state index in [9.17, 15) is 0 Å². The predicted octanol–water partition coefficient (Wildman–Crippen LogP) is 3.39. The summed E-state index contributed by atoms with van der Waals surface area (Å²) in [4.78, 5) is 4.20. The average molecular weight is 293 g/mol. The van der Waals surface area contributed by atoms with Gasteiger partial charge in [0.15, 0.2) is 11.4 Å². The number of benzene rings is 2. The second-order valence-corrected chi connectivity index (χ2v) is 5.07. The van der Waals surface area contributed by atoms with Crippen molar-refractivity contribution in [2.24, 2.45) is 0 Å². The topological polar surface area (TPSA) is 92.8 Å². The molecular formula is C16H15N5O. The summed E-state index contributed by atoms with van der Waals surface area (Å²) in [7, 11) is 0. The van der Waals surface area contributed by atoms with E-state index < -0.39 is 0 Å². The van der Waals surface area contributed by atoms with E-state index >= 15 is 0 Å². The van der Waals surface area contributed by atoms with Crippen molar-refractivity contribution in [2.75, 3.05) is 17.6 Å². The number of nitrogens with one attached hydrogen (secondary N) is 2. The molecule has 0 amide bonds. The standard InChI is InChI=1S/C16H15N5O/c1-2-18-15-14-10(4-3-5-11(14)20-21-15)9-6-7-13-12(8-9)19-16(17)22-13/h3-8H,2H2,1H3,(H2,17,19)(H2,18,20,21). The molecule has 0 fully saturated rings. The molecule has 2 aromatic heterocycles. The van der Waals surface area contributed by atoms with Gasteiger partial charge in [-0.1, -0.05) is 18.2 Å². The lowest BCUT2D eigenvalue weighted by Gasteiger charge is -2.06. The molecule has 0 aliphatic carbocycles. The largest absolute Gasteiger partial charge is 0.424 e. The fraction of sp³-hybridized carbons (Fsp3) is 0.125. The van der Waals surface area contributed by atoms with Crippen LogP contribution in [0.1, 0.15) is 6.92 Å². The Hall–Kier alpha value is -3.02. The van der Waals surface area contributed by atoms with E-state index in [1.54, 1.807) is 0 Å². The second kappa shape index (κ2) is 4.77. The minimum atomic E-state index is 0.182. The van der Waals surface area contributed by atoms with E-state index in [0.29, 0.717) is 5.58 Å². The molecular weight excluding hydrogens is 278 g/mol. The van der Waals surface area contributed by atoms with Crippen LogP contribution in [0.25, 0.3) is 33.1 Å². The number of hydrogen-bond donors (Lipinski definition) is 3. The molecule has 0 bridgehead atoms. The van der Waals surface area contributed by atoms with Crippen LogP contribution in [0.4, 0.5) is 11.8 Å². The van der Waals surface area contributed by atoms with E-state index in [1.807, 2.05) is 37.3 Å². The van der Waals surface area contributed by atoms with Crippen molar-refractivity contribution in [1.82, 2.24) is 15.2 Å². The normalized spacial score (nSPS) is 11.3. The van der Waals surface area contributed by atoms with Crippen LogP contribution in [-0.4, -0.2) is 21.7 Å². The summed E-state index contributed by atoms with van der Waals surface area (Å²) in [6.07, 6.45) is 0. The number of H-pyrrole nitrogens is 1.